The number of nitrogens with two attached hydrogens (primary N) is 5. The van der Waals surface area contributed by atoms with Gasteiger partial charge < -0.3 is 28.7 Å². The SMILES string of the molecule is Nc1ccc2c(c1)C(N)(N)c1cc(-c3ccc4c(c3)C(N)(N)c3cc(-c5ccc6cc(-c7ccc8ccccc8c7)ccc6c5)ccc3-4)ccc1-2. The largest absolute Gasteiger partial charge is 0.399 e. The maximum Gasteiger partial charge on any atom is 0.118 e. The molecule has 5 heteroatoms. The third-order valence-corrected chi connectivity index (χ3v) is 11.1. The van der Waals surface area contributed by atoms with E-state index in [0.29, 0.717) is 5.69 Å². The highest BCUT2D eigenvalue weighted by Gasteiger charge is 2.39. The van der Waals surface area contributed by atoms with Gasteiger partial charge in [-0.25, -0.2) is 0 Å². The molecule has 2 aliphatic carbocycles. The summed E-state index contributed by atoms with van der Waals surface area (Å²) in [7, 11) is 0. The molecular formula is C46H35N5. The molecule has 8 aromatic rings. The zero-order valence-corrected chi connectivity index (χ0v) is 27.8. The molecule has 5 nitrogen and oxygen atoms in total. The number of rotatable bonds is 3. The van der Waals surface area contributed by atoms with Crippen LogP contribution in [0.2, 0.25) is 0 Å². The highest BCUT2D eigenvalue weighted by atomic mass is 15.0. The van der Waals surface area contributed by atoms with E-state index in [2.05, 4.69) is 133 Å². The fourth-order valence-electron chi connectivity index (χ4n) is 8.31. The van der Waals surface area contributed by atoms with Gasteiger partial charge in [0.15, 0.2) is 0 Å². The Kier molecular flexibility index (Phi) is 6.12. The second-order valence-electron chi connectivity index (χ2n) is 14.2. The highest BCUT2D eigenvalue weighted by Crippen LogP contribution is 2.48. The first kappa shape index (κ1) is 29.8. The molecule has 51 heavy (non-hydrogen) atoms. The maximum atomic E-state index is 7.02. The monoisotopic (exact) mass is 657 g/mol. The summed E-state index contributed by atoms with van der Waals surface area (Å²) in [5.41, 5.74) is 46.1. The van der Waals surface area contributed by atoms with E-state index in [1.807, 2.05) is 18.2 Å². The third-order valence-electron chi connectivity index (χ3n) is 11.1. The molecule has 2 aliphatic rings. The van der Waals surface area contributed by atoms with Crippen molar-refractivity contribution in [3.05, 3.63) is 174 Å². The number of benzene rings is 8. The number of hydrogen-bond acceptors (Lipinski definition) is 5. The summed E-state index contributed by atoms with van der Waals surface area (Å²) in [5.74, 6) is 0. The molecule has 0 amide bonds. The summed E-state index contributed by atoms with van der Waals surface area (Å²) in [6.07, 6.45) is 0. The van der Waals surface area contributed by atoms with Crippen molar-refractivity contribution >= 4 is 27.2 Å². The van der Waals surface area contributed by atoms with Crippen LogP contribution in [0.5, 0.6) is 0 Å². The van der Waals surface area contributed by atoms with Gasteiger partial charge in [0, 0.05) is 11.3 Å². The molecular weight excluding hydrogens is 623 g/mol. The molecule has 8 aromatic carbocycles. The molecule has 0 spiro atoms. The van der Waals surface area contributed by atoms with Crippen molar-refractivity contribution in [2.75, 3.05) is 5.73 Å². The van der Waals surface area contributed by atoms with Crippen LogP contribution in [0.25, 0.3) is 77.2 Å². The molecule has 0 bridgehead atoms. The number of fused-ring (bicyclic) bond motifs is 8. The van der Waals surface area contributed by atoms with Crippen molar-refractivity contribution in [1.82, 2.24) is 0 Å². The van der Waals surface area contributed by atoms with E-state index in [1.54, 1.807) is 0 Å². The Morgan fingerprint density at radius 3 is 1.06 bits per heavy atom. The quantitative estimate of drug-likeness (QED) is 0.0958. The first-order valence-electron chi connectivity index (χ1n) is 17.2. The van der Waals surface area contributed by atoms with Crippen LogP contribution < -0.4 is 28.7 Å². The summed E-state index contributed by atoms with van der Waals surface area (Å²) >= 11 is 0. The minimum Gasteiger partial charge on any atom is -0.399 e. The van der Waals surface area contributed by atoms with Crippen LogP contribution in [0.15, 0.2) is 152 Å². The lowest BCUT2D eigenvalue weighted by Gasteiger charge is -2.23. The van der Waals surface area contributed by atoms with E-state index in [-0.39, 0.29) is 0 Å². The van der Waals surface area contributed by atoms with Crippen LogP contribution in [-0.2, 0) is 11.3 Å². The zero-order chi connectivity index (χ0) is 34.6. The summed E-state index contributed by atoms with van der Waals surface area (Å²) < 4.78 is 0. The minimum atomic E-state index is -1.17. The van der Waals surface area contributed by atoms with Crippen LogP contribution >= 0.6 is 0 Å². The summed E-state index contributed by atoms with van der Waals surface area (Å²) in [5, 5.41) is 4.86. The van der Waals surface area contributed by atoms with Crippen molar-refractivity contribution in [2.45, 2.75) is 11.3 Å². The molecule has 0 saturated carbocycles. The van der Waals surface area contributed by atoms with Gasteiger partial charge in [-0.15, -0.1) is 0 Å². The molecule has 10 N–H and O–H groups in total. The van der Waals surface area contributed by atoms with E-state index in [9.17, 15) is 0 Å². The molecule has 0 unspecified atom stereocenters. The lowest BCUT2D eigenvalue weighted by Crippen LogP contribution is -2.45. The van der Waals surface area contributed by atoms with Crippen LogP contribution in [0, 0.1) is 0 Å². The first-order valence-corrected chi connectivity index (χ1v) is 17.2. The first-order chi connectivity index (χ1) is 24.6. The molecule has 244 valence electrons. The van der Waals surface area contributed by atoms with E-state index >= 15 is 0 Å². The Morgan fingerprint density at radius 1 is 0.294 bits per heavy atom. The summed E-state index contributed by atoms with van der Waals surface area (Å²) in [4.78, 5) is 0. The van der Waals surface area contributed by atoms with Gasteiger partial charge in [-0.2, -0.15) is 0 Å². The Bertz CT molecular complexity index is 2780. The Hall–Kier alpha value is -6.08. The van der Waals surface area contributed by atoms with Crippen LogP contribution in [0.3, 0.4) is 0 Å². The molecule has 10 rings (SSSR count). The van der Waals surface area contributed by atoms with Crippen LogP contribution in [0.1, 0.15) is 22.3 Å². The van der Waals surface area contributed by atoms with Gasteiger partial charge in [0.1, 0.15) is 11.3 Å². The van der Waals surface area contributed by atoms with Crippen molar-refractivity contribution < 1.29 is 0 Å². The standard InChI is InChI=1S/C46H35N5/c47-36-14-18-40-39-17-13-35(24-43(39)46(50,51)44(40)25-36)34-12-16-38-37-15-11-33(22-41(37)45(48,49)42(38)23-34)32-10-9-30-20-29(7-8-31(30)21-32)28-6-5-26-3-1-2-4-27(26)19-28/h1-25H,47-51H2. The van der Waals surface area contributed by atoms with E-state index < -0.39 is 11.3 Å². The average molecular weight is 658 g/mol. The van der Waals surface area contributed by atoms with Gasteiger partial charge in [-0.05, 0) is 142 Å². The third kappa shape index (κ3) is 4.43. The van der Waals surface area contributed by atoms with Crippen LogP contribution in [-0.4, -0.2) is 0 Å². The average Bonchev–Trinajstić information content (AvgIpc) is 3.52. The molecule has 0 aliphatic heterocycles. The van der Waals surface area contributed by atoms with Gasteiger partial charge in [-0.3, -0.25) is 0 Å². The normalized spacial score (nSPS) is 14.7. The summed E-state index contributed by atoms with van der Waals surface area (Å²) in [6, 6.07) is 53.2. The number of hydrogen-bond donors (Lipinski definition) is 5. The molecule has 0 fully saturated rings. The molecule has 0 heterocycles. The van der Waals surface area contributed by atoms with E-state index in [4.69, 9.17) is 28.7 Å². The predicted molar refractivity (Wildman–Crippen MR) is 211 cm³/mol. The second kappa shape index (κ2) is 10.5. The predicted octanol–water partition coefficient (Wildman–Crippen LogP) is 8.77. The van der Waals surface area contributed by atoms with Gasteiger partial charge in [0.25, 0.3) is 0 Å². The lowest BCUT2D eigenvalue weighted by atomic mass is 9.92. The van der Waals surface area contributed by atoms with Gasteiger partial charge in [-0.1, -0.05) is 103 Å². The van der Waals surface area contributed by atoms with Gasteiger partial charge in [0.05, 0.1) is 0 Å². The Morgan fingerprint density at radius 2 is 0.608 bits per heavy atom. The fourth-order valence-corrected chi connectivity index (χ4v) is 8.31. The lowest BCUT2D eigenvalue weighted by molar-refractivity contribution is 0.583. The van der Waals surface area contributed by atoms with Crippen LogP contribution in [0.4, 0.5) is 5.69 Å². The van der Waals surface area contributed by atoms with E-state index in [1.165, 1.54) is 32.7 Å². The summed E-state index contributed by atoms with van der Waals surface area (Å²) in [6.45, 7) is 0. The van der Waals surface area contributed by atoms with Gasteiger partial charge >= 0.3 is 0 Å². The maximum absolute atomic E-state index is 7.02. The molecule has 0 aromatic heterocycles. The number of anilines is 1. The molecule has 0 atom stereocenters. The second-order valence-corrected chi connectivity index (χ2v) is 14.2. The van der Waals surface area contributed by atoms with Crippen molar-refractivity contribution in [2.24, 2.45) is 22.9 Å². The van der Waals surface area contributed by atoms with Crippen molar-refractivity contribution in [3.8, 4) is 55.6 Å². The van der Waals surface area contributed by atoms with E-state index in [0.717, 1.165) is 66.8 Å². The molecule has 0 saturated heterocycles. The smallest absolute Gasteiger partial charge is 0.118 e. The van der Waals surface area contributed by atoms with Crippen molar-refractivity contribution in [1.29, 1.82) is 0 Å². The minimum absolute atomic E-state index is 0.637. The molecule has 0 radical (unpaired) electrons. The fraction of sp³-hybridized carbons (Fsp3) is 0.0435. The van der Waals surface area contributed by atoms with Gasteiger partial charge in [0.2, 0.25) is 0 Å². The highest BCUT2D eigenvalue weighted by molar-refractivity contribution is 5.94. The topological polar surface area (TPSA) is 130 Å². The Labute approximate surface area is 295 Å². The van der Waals surface area contributed by atoms with Crippen molar-refractivity contribution in [3.63, 3.8) is 0 Å². The zero-order valence-electron chi connectivity index (χ0n) is 27.8. The Balaban J connectivity index is 0.975. The number of nitrogen functional groups attached to an aromatic ring is 1.